The molecule has 13 heteroatoms. The number of hydrogen-bond donors (Lipinski definition) is 1. The predicted molar refractivity (Wildman–Crippen MR) is 206 cm³/mol. The number of nitrogens with zero attached hydrogens (tertiary/aromatic N) is 6. The molecule has 1 N–H and O–H groups in total. The smallest absolute Gasteiger partial charge is 0.326 e. The predicted octanol–water partition coefficient (Wildman–Crippen LogP) is 7.38. The van der Waals surface area contributed by atoms with Crippen molar-refractivity contribution in [1.29, 1.82) is 0 Å². The van der Waals surface area contributed by atoms with Crippen LogP contribution in [0.1, 0.15) is 65.6 Å². The van der Waals surface area contributed by atoms with E-state index in [0.29, 0.717) is 72.9 Å². The van der Waals surface area contributed by atoms with Gasteiger partial charge >= 0.3 is 6.03 Å². The first-order valence-corrected chi connectivity index (χ1v) is 19.3. The van der Waals surface area contributed by atoms with Crippen molar-refractivity contribution in [1.82, 2.24) is 24.7 Å². The number of alkyl halides is 1. The van der Waals surface area contributed by atoms with E-state index in [1.54, 1.807) is 17.3 Å². The van der Waals surface area contributed by atoms with E-state index in [1.807, 2.05) is 52.5 Å². The van der Waals surface area contributed by atoms with Crippen molar-refractivity contribution >= 4 is 57.4 Å². The molecule has 2 aliphatic heterocycles. The zero-order valence-electron chi connectivity index (χ0n) is 30.2. The summed E-state index contributed by atoms with van der Waals surface area (Å²) in [5.74, 6) is 1.01. The Morgan fingerprint density at radius 1 is 1.06 bits per heavy atom. The number of ether oxygens (including phenoxy) is 1. The van der Waals surface area contributed by atoms with Crippen molar-refractivity contribution < 1.29 is 14.3 Å². The molecular formula is C38H47Cl2N7O3S. The Labute approximate surface area is 315 Å². The van der Waals surface area contributed by atoms with Gasteiger partial charge in [-0.2, -0.15) is 0 Å². The minimum Gasteiger partial charge on any atom is -0.493 e. The third-order valence-corrected chi connectivity index (χ3v) is 11.8. The molecule has 6 rings (SSSR count). The van der Waals surface area contributed by atoms with Crippen LogP contribution >= 0.6 is 34.5 Å². The zero-order valence-corrected chi connectivity index (χ0v) is 32.5. The number of carbonyl (C=O) groups is 2. The number of aliphatic imine (C=N–C) groups is 1. The Morgan fingerprint density at radius 3 is 2.41 bits per heavy atom. The molecule has 272 valence electrons. The lowest BCUT2D eigenvalue weighted by molar-refractivity contribution is -0.130. The number of nitrogens with one attached hydrogen (secondary N) is 1. The third kappa shape index (κ3) is 7.22. The zero-order chi connectivity index (χ0) is 36.6. The second-order valence-electron chi connectivity index (χ2n) is 14.6. The van der Waals surface area contributed by atoms with Gasteiger partial charge in [0.2, 0.25) is 5.91 Å². The van der Waals surface area contributed by atoms with Crippen LogP contribution in [0.15, 0.2) is 75.9 Å². The standard InChI is InChI=1S/C38H47Cl2N7O3S/c1-7-50-30-22-31(36(2,3)4)42-23-29(30)33-44-37(5,25-8-12-27(39)13-9-25)38(6,26-10-14-28(40)15-11-26)47(33)35(49)46-19-17-45(18-20-46)32(48)24-43-34-41-16-21-51-34/h8,10-14,16,21-23,25,28H,7,9,15,17-20,24H2,1-6H3,(H,41,43)/t25?,28?,37-,38+/m0/s1. The number of aromatic nitrogens is 2. The number of halogens is 2. The Bertz CT molecular complexity index is 1790. The molecule has 1 fully saturated rings. The van der Waals surface area contributed by atoms with Crippen LogP contribution in [0, 0.1) is 5.92 Å². The van der Waals surface area contributed by atoms with Crippen molar-refractivity contribution in [3.63, 3.8) is 0 Å². The van der Waals surface area contributed by atoms with E-state index in [1.165, 1.54) is 11.3 Å². The fourth-order valence-electron chi connectivity index (χ4n) is 7.26. The Morgan fingerprint density at radius 2 is 1.80 bits per heavy atom. The molecule has 4 heterocycles. The Hall–Kier alpha value is -3.67. The van der Waals surface area contributed by atoms with Gasteiger partial charge in [-0.05, 0) is 45.3 Å². The number of allylic oxidation sites excluding steroid dienone is 5. The van der Waals surface area contributed by atoms with Gasteiger partial charge in [-0.25, -0.2) is 9.78 Å². The van der Waals surface area contributed by atoms with Crippen LogP contribution in [0.5, 0.6) is 5.75 Å². The van der Waals surface area contributed by atoms with Crippen LogP contribution in [-0.2, 0) is 10.2 Å². The van der Waals surface area contributed by atoms with E-state index in [-0.39, 0.29) is 35.2 Å². The first-order chi connectivity index (χ1) is 24.3. The van der Waals surface area contributed by atoms with Gasteiger partial charge in [-0.1, -0.05) is 62.8 Å². The number of urea groups is 1. The fraction of sp³-hybridized carbons (Fsp3) is 0.500. The molecule has 4 atom stereocenters. The van der Waals surface area contributed by atoms with Gasteiger partial charge < -0.3 is 19.9 Å². The summed E-state index contributed by atoms with van der Waals surface area (Å²) in [6.07, 6.45) is 17.0. The summed E-state index contributed by atoms with van der Waals surface area (Å²) in [7, 11) is 0. The summed E-state index contributed by atoms with van der Waals surface area (Å²) in [5, 5.41) is 6.21. The summed E-state index contributed by atoms with van der Waals surface area (Å²) in [6.45, 7) is 14.7. The van der Waals surface area contributed by atoms with Crippen LogP contribution in [0.3, 0.4) is 0 Å². The lowest BCUT2D eigenvalue weighted by Gasteiger charge is -2.50. The average Bonchev–Trinajstić information content (AvgIpc) is 3.72. The Balaban J connectivity index is 1.41. The number of anilines is 1. The summed E-state index contributed by atoms with van der Waals surface area (Å²) in [5.41, 5.74) is 0.492. The average molecular weight is 753 g/mol. The summed E-state index contributed by atoms with van der Waals surface area (Å²) in [6, 6.07) is 1.79. The quantitative estimate of drug-likeness (QED) is 0.283. The molecule has 2 aromatic heterocycles. The van der Waals surface area contributed by atoms with Gasteiger partial charge in [-0.3, -0.25) is 19.7 Å². The monoisotopic (exact) mass is 751 g/mol. The summed E-state index contributed by atoms with van der Waals surface area (Å²) >= 11 is 14.4. The molecule has 0 spiro atoms. The molecule has 10 nitrogen and oxygen atoms in total. The van der Waals surface area contributed by atoms with Gasteiger partial charge in [0, 0.05) is 72.1 Å². The highest BCUT2D eigenvalue weighted by molar-refractivity contribution is 7.13. The maximum absolute atomic E-state index is 15.2. The highest BCUT2D eigenvalue weighted by Crippen LogP contribution is 2.52. The van der Waals surface area contributed by atoms with E-state index in [4.69, 9.17) is 37.9 Å². The number of amidine groups is 1. The van der Waals surface area contributed by atoms with Crippen molar-refractivity contribution in [3.8, 4) is 5.75 Å². The van der Waals surface area contributed by atoms with Crippen molar-refractivity contribution in [3.05, 3.63) is 82.2 Å². The van der Waals surface area contributed by atoms with Gasteiger partial charge in [-0.15, -0.1) is 22.9 Å². The number of hydrogen-bond acceptors (Lipinski definition) is 8. The second-order valence-corrected chi connectivity index (χ2v) is 16.5. The SMILES string of the molecule is CCOc1cc(C(C)(C)C)ncc1C1=N[C@@](C)(C2C=CC(Cl)=CC2)[C@@](C)(C2=CCC(Cl)C=C2)N1C(=O)N1CCN(C(=O)CNc2nccs2)CC1. The number of piperazine rings is 1. The van der Waals surface area contributed by atoms with Crippen molar-refractivity contribution in [2.75, 3.05) is 44.6 Å². The van der Waals surface area contributed by atoms with Crippen LogP contribution in [-0.4, -0.2) is 98.2 Å². The van der Waals surface area contributed by atoms with Gasteiger partial charge in [0.15, 0.2) is 5.13 Å². The summed E-state index contributed by atoms with van der Waals surface area (Å²) < 4.78 is 6.29. The number of thiazole rings is 1. The molecule has 4 aliphatic rings. The summed E-state index contributed by atoms with van der Waals surface area (Å²) in [4.78, 5) is 48.5. The minimum atomic E-state index is -0.948. The molecule has 51 heavy (non-hydrogen) atoms. The van der Waals surface area contributed by atoms with Crippen LogP contribution in [0.4, 0.5) is 9.93 Å². The highest BCUT2D eigenvalue weighted by atomic mass is 35.5. The maximum Gasteiger partial charge on any atom is 0.326 e. The number of rotatable bonds is 8. The molecule has 1 saturated heterocycles. The number of carbonyl (C=O) groups excluding carboxylic acids is 2. The van der Waals surface area contributed by atoms with E-state index in [2.05, 4.69) is 57.1 Å². The molecule has 0 saturated carbocycles. The largest absolute Gasteiger partial charge is 0.493 e. The third-order valence-electron chi connectivity index (χ3n) is 10.5. The minimum absolute atomic E-state index is 0.0339. The molecule has 3 amide bonds. The molecule has 0 aromatic carbocycles. The molecule has 0 bridgehead atoms. The molecule has 2 aromatic rings. The van der Waals surface area contributed by atoms with E-state index >= 15 is 4.79 Å². The van der Waals surface area contributed by atoms with Crippen LogP contribution in [0.2, 0.25) is 0 Å². The van der Waals surface area contributed by atoms with Crippen molar-refractivity contribution in [2.45, 2.75) is 76.3 Å². The number of pyridine rings is 1. The lowest BCUT2D eigenvalue weighted by atomic mass is 9.65. The highest BCUT2D eigenvalue weighted by Gasteiger charge is 2.62. The first-order valence-electron chi connectivity index (χ1n) is 17.6. The normalized spacial score (nSPS) is 26.5. The maximum atomic E-state index is 15.2. The van der Waals surface area contributed by atoms with Gasteiger partial charge in [0.05, 0.1) is 35.2 Å². The van der Waals surface area contributed by atoms with E-state index < -0.39 is 11.1 Å². The topological polar surface area (TPSA) is 103 Å². The molecule has 2 unspecified atom stereocenters. The van der Waals surface area contributed by atoms with E-state index in [9.17, 15) is 4.79 Å². The molecular weight excluding hydrogens is 705 g/mol. The molecule has 2 aliphatic carbocycles. The van der Waals surface area contributed by atoms with Gasteiger partial charge in [0.25, 0.3) is 0 Å². The second kappa shape index (κ2) is 14.8. The van der Waals surface area contributed by atoms with Gasteiger partial charge in [0.1, 0.15) is 11.6 Å². The molecule has 0 radical (unpaired) electrons. The first kappa shape index (κ1) is 37.1. The Kier molecular flexibility index (Phi) is 10.7. The van der Waals surface area contributed by atoms with Crippen LogP contribution in [0.25, 0.3) is 0 Å². The van der Waals surface area contributed by atoms with Crippen LogP contribution < -0.4 is 10.1 Å². The lowest BCUT2D eigenvalue weighted by Crippen LogP contribution is -2.65. The van der Waals surface area contributed by atoms with E-state index in [0.717, 1.165) is 11.3 Å². The number of amides is 3. The fourth-order valence-corrected chi connectivity index (χ4v) is 8.11. The van der Waals surface area contributed by atoms with Crippen molar-refractivity contribution in [2.24, 2.45) is 10.9 Å².